The van der Waals surface area contributed by atoms with Crippen LogP contribution < -0.4 is 4.90 Å². The van der Waals surface area contributed by atoms with Crippen LogP contribution in [-0.2, 0) is 9.59 Å². The van der Waals surface area contributed by atoms with Gasteiger partial charge in [0, 0.05) is 24.8 Å². The third kappa shape index (κ3) is 3.50. The van der Waals surface area contributed by atoms with Gasteiger partial charge in [0.2, 0.25) is 11.8 Å². The third-order valence-electron chi connectivity index (χ3n) is 3.48. The van der Waals surface area contributed by atoms with E-state index in [-0.39, 0.29) is 24.3 Å². The summed E-state index contributed by atoms with van der Waals surface area (Å²) in [6.45, 7) is 3.86. The lowest BCUT2D eigenvalue weighted by Gasteiger charge is -2.28. The van der Waals surface area contributed by atoms with Crippen molar-refractivity contribution in [2.45, 2.75) is 33.1 Å². The van der Waals surface area contributed by atoms with Crippen molar-refractivity contribution >= 4 is 17.5 Å². The molecule has 0 atom stereocenters. The Morgan fingerprint density at radius 1 is 1.29 bits per heavy atom. The highest BCUT2D eigenvalue weighted by atomic mass is 16.2. The number of aliphatic hydroxyl groups is 1. The maximum absolute atomic E-state index is 12.1. The first-order valence-corrected chi connectivity index (χ1v) is 7.09. The number of piperidine rings is 1. The molecule has 4 nitrogen and oxygen atoms in total. The van der Waals surface area contributed by atoms with Crippen LogP contribution in [0.5, 0.6) is 0 Å². The van der Waals surface area contributed by atoms with Crippen molar-refractivity contribution in [3.63, 3.8) is 0 Å². The SMILES string of the molecule is Cc1ccc(N2C(=O)CC(C)CC2=O)cc1C#CCCO. The van der Waals surface area contributed by atoms with Gasteiger partial charge >= 0.3 is 0 Å². The molecule has 1 saturated heterocycles. The molecule has 1 fully saturated rings. The molecule has 4 heteroatoms. The van der Waals surface area contributed by atoms with E-state index in [1.807, 2.05) is 19.9 Å². The summed E-state index contributed by atoms with van der Waals surface area (Å²) in [5.41, 5.74) is 2.34. The summed E-state index contributed by atoms with van der Waals surface area (Å²) in [6.07, 6.45) is 1.19. The lowest BCUT2D eigenvalue weighted by Crippen LogP contribution is -2.42. The Balaban J connectivity index is 2.32. The number of aliphatic hydroxyl groups excluding tert-OH is 1. The first kappa shape index (κ1) is 15.3. The van der Waals surface area contributed by atoms with Crippen molar-refractivity contribution in [2.24, 2.45) is 5.92 Å². The Bertz CT molecular complexity index is 607. The Morgan fingerprint density at radius 3 is 2.57 bits per heavy atom. The second-order valence-electron chi connectivity index (χ2n) is 5.41. The minimum atomic E-state index is -0.156. The van der Waals surface area contributed by atoms with E-state index in [1.165, 1.54) is 4.90 Å². The standard InChI is InChI=1S/C17H19NO3/c1-12-9-16(20)18(17(21)10-12)15-7-6-13(2)14(11-15)5-3-4-8-19/h6-7,11-12,19H,4,8-10H2,1-2H3. The average molecular weight is 285 g/mol. The Hall–Kier alpha value is -2.12. The first-order valence-electron chi connectivity index (χ1n) is 7.09. The van der Waals surface area contributed by atoms with Gasteiger partial charge in [-0.1, -0.05) is 24.8 Å². The number of carbonyl (C=O) groups excluding carboxylic acids is 2. The van der Waals surface area contributed by atoms with Crippen molar-refractivity contribution in [1.82, 2.24) is 0 Å². The van der Waals surface area contributed by atoms with E-state index in [9.17, 15) is 9.59 Å². The molecule has 0 aromatic heterocycles. The van der Waals surface area contributed by atoms with Gasteiger partial charge < -0.3 is 5.11 Å². The molecule has 2 amide bonds. The fourth-order valence-corrected chi connectivity index (χ4v) is 2.38. The number of amides is 2. The van der Waals surface area contributed by atoms with Crippen LogP contribution in [0.2, 0.25) is 0 Å². The van der Waals surface area contributed by atoms with Crippen LogP contribution in [-0.4, -0.2) is 23.5 Å². The normalized spacial score (nSPS) is 15.9. The summed E-state index contributed by atoms with van der Waals surface area (Å²) in [5, 5.41) is 8.77. The molecule has 1 N–H and O–H groups in total. The molecule has 0 saturated carbocycles. The molecule has 0 aliphatic carbocycles. The fourth-order valence-electron chi connectivity index (χ4n) is 2.38. The topological polar surface area (TPSA) is 57.6 Å². The largest absolute Gasteiger partial charge is 0.395 e. The highest BCUT2D eigenvalue weighted by molar-refractivity contribution is 6.16. The molecular formula is C17H19NO3. The quantitative estimate of drug-likeness (QED) is 0.668. The van der Waals surface area contributed by atoms with Crippen molar-refractivity contribution in [3.8, 4) is 11.8 Å². The van der Waals surface area contributed by atoms with Gasteiger partial charge in [0.1, 0.15) is 0 Å². The van der Waals surface area contributed by atoms with Crippen LogP contribution in [0, 0.1) is 24.7 Å². The summed E-state index contributed by atoms with van der Waals surface area (Å²) < 4.78 is 0. The fraction of sp³-hybridized carbons (Fsp3) is 0.412. The lowest BCUT2D eigenvalue weighted by atomic mass is 9.96. The van der Waals surface area contributed by atoms with Gasteiger partial charge in [-0.05, 0) is 30.5 Å². The second kappa shape index (κ2) is 6.55. The minimum absolute atomic E-state index is 0.0206. The van der Waals surface area contributed by atoms with E-state index in [1.54, 1.807) is 12.1 Å². The molecule has 0 unspecified atom stereocenters. The number of hydrogen-bond donors (Lipinski definition) is 1. The van der Waals surface area contributed by atoms with E-state index in [2.05, 4.69) is 11.8 Å². The van der Waals surface area contributed by atoms with Crippen molar-refractivity contribution in [3.05, 3.63) is 29.3 Å². The first-order chi connectivity index (χ1) is 10.0. The predicted octanol–water partition coefficient (Wildman–Crippen LogP) is 2.02. The van der Waals surface area contributed by atoms with Crippen LogP contribution in [0.1, 0.15) is 37.3 Å². The van der Waals surface area contributed by atoms with E-state index >= 15 is 0 Å². The molecule has 1 aromatic carbocycles. The summed E-state index contributed by atoms with van der Waals surface area (Å²) in [6, 6.07) is 5.40. The number of hydrogen-bond acceptors (Lipinski definition) is 3. The molecule has 1 heterocycles. The van der Waals surface area contributed by atoms with Crippen LogP contribution in [0.3, 0.4) is 0 Å². The van der Waals surface area contributed by atoms with Gasteiger partial charge in [-0.15, -0.1) is 0 Å². The van der Waals surface area contributed by atoms with Crippen LogP contribution in [0.15, 0.2) is 18.2 Å². The number of nitrogens with zero attached hydrogens (tertiary/aromatic N) is 1. The number of rotatable bonds is 2. The number of anilines is 1. The molecule has 1 aliphatic rings. The summed E-state index contributed by atoms with van der Waals surface area (Å²) >= 11 is 0. The highest BCUT2D eigenvalue weighted by Gasteiger charge is 2.31. The number of aryl methyl sites for hydroxylation is 1. The lowest BCUT2D eigenvalue weighted by molar-refractivity contribution is -0.130. The molecule has 110 valence electrons. The maximum atomic E-state index is 12.1. The predicted molar refractivity (Wildman–Crippen MR) is 80.7 cm³/mol. The minimum Gasteiger partial charge on any atom is -0.395 e. The smallest absolute Gasteiger partial charge is 0.234 e. The van der Waals surface area contributed by atoms with Crippen molar-refractivity contribution < 1.29 is 14.7 Å². The average Bonchev–Trinajstić information content (AvgIpc) is 2.41. The van der Waals surface area contributed by atoms with Gasteiger partial charge in [0.15, 0.2) is 0 Å². The molecule has 0 radical (unpaired) electrons. The Kier molecular flexibility index (Phi) is 4.77. The molecule has 21 heavy (non-hydrogen) atoms. The second-order valence-corrected chi connectivity index (χ2v) is 5.41. The zero-order valence-electron chi connectivity index (χ0n) is 12.3. The summed E-state index contributed by atoms with van der Waals surface area (Å²) in [7, 11) is 0. The Labute approximate surface area is 124 Å². The van der Waals surface area contributed by atoms with Gasteiger partial charge in [-0.2, -0.15) is 0 Å². The van der Waals surface area contributed by atoms with Gasteiger partial charge in [-0.3, -0.25) is 14.5 Å². The zero-order valence-corrected chi connectivity index (χ0v) is 12.3. The van der Waals surface area contributed by atoms with E-state index < -0.39 is 0 Å². The van der Waals surface area contributed by atoms with Crippen LogP contribution in [0.4, 0.5) is 5.69 Å². The monoisotopic (exact) mass is 285 g/mol. The maximum Gasteiger partial charge on any atom is 0.234 e. The van der Waals surface area contributed by atoms with Gasteiger partial charge in [0.05, 0.1) is 12.3 Å². The van der Waals surface area contributed by atoms with E-state index in [4.69, 9.17) is 5.11 Å². The zero-order chi connectivity index (χ0) is 15.4. The van der Waals surface area contributed by atoms with Crippen LogP contribution in [0.25, 0.3) is 0 Å². The molecule has 1 aliphatic heterocycles. The molecule has 1 aromatic rings. The van der Waals surface area contributed by atoms with Gasteiger partial charge in [0.25, 0.3) is 0 Å². The Morgan fingerprint density at radius 2 is 1.95 bits per heavy atom. The summed E-state index contributed by atoms with van der Waals surface area (Å²) in [4.78, 5) is 25.5. The van der Waals surface area contributed by atoms with Crippen LogP contribution >= 0.6 is 0 Å². The molecule has 0 spiro atoms. The molecule has 0 bridgehead atoms. The molecule has 2 rings (SSSR count). The number of imide groups is 1. The van der Waals surface area contributed by atoms with E-state index in [0.29, 0.717) is 24.9 Å². The highest BCUT2D eigenvalue weighted by Crippen LogP contribution is 2.26. The molecular weight excluding hydrogens is 266 g/mol. The number of benzene rings is 1. The van der Waals surface area contributed by atoms with E-state index in [0.717, 1.165) is 11.1 Å². The number of carbonyl (C=O) groups is 2. The van der Waals surface area contributed by atoms with Crippen molar-refractivity contribution in [1.29, 1.82) is 0 Å². The van der Waals surface area contributed by atoms with Gasteiger partial charge in [-0.25, -0.2) is 0 Å². The van der Waals surface area contributed by atoms with Crippen molar-refractivity contribution in [2.75, 3.05) is 11.5 Å². The third-order valence-corrected chi connectivity index (χ3v) is 3.48. The summed E-state index contributed by atoms with van der Waals surface area (Å²) in [5.74, 6) is 5.63.